The summed E-state index contributed by atoms with van der Waals surface area (Å²) in [6, 6.07) is 19.6. The fourth-order valence-corrected chi connectivity index (χ4v) is 5.63. The summed E-state index contributed by atoms with van der Waals surface area (Å²) in [5.41, 5.74) is 2.60. The van der Waals surface area contributed by atoms with Crippen LogP contribution in [-0.4, -0.2) is 46.8 Å². The Balaban J connectivity index is 1.55. The van der Waals surface area contributed by atoms with Crippen LogP contribution < -0.4 is 4.74 Å². The van der Waals surface area contributed by atoms with Crippen LogP contribution in [0.3, 0.4) is 0 Å². The number of H-pyrrole nitrogens is 1. The molecular weight excluding hydrogens is 430 g/mol. The first-order valence-corrected chi connectivity index (χ1v) is 11.4. The van der Waals surface area contributed by atoms with E-state index in [2.05, 4.69) is 11.1 Å². The van der Waals surface area contributed by atoms with Crippen LogP contribution in [0.4, 0.5) is 0 Å². The first-order chi connectivity index (χ1) is 16.5. The van der Waals surface area contributed by atoms with E-state index in [1.807, 2.05) is 55.5 Å². The molecule has 2 amide bonds. The molecule has 2 atom stereocenters. The molecule has 34 heavy (non-hydrogen) atoms. The molecule has 7 nitrogen and oxygen atoms in total. The van der Waals surface area contributed by atoms with E-state index in [1.165, 1.54) is 0 Å². The van der Waals surface area contributed by atoms with Crippen molar-refractivity contribution in [2.24, 2.45) is 0 Å². The highest BCUT2D eigenvalue weighted by Crippen LogP contribution is 2.49. The normalized spacial score (nSPS) is 22.1. The van der Waals surface area contributed by atoms with E-state index in [9.17, 15) is 9.59 Å². The second kappa shape index (κ2) is 7.52. The SMILES string of the molecule is COc1ccccc1[C@@H]1CN2C(=O)CN(Cc3ccco3)C(=O)[C@]2(C)c2[nH]c3ccccc3c21. The van der Waals surface area contributed by atoms with E-state index in [1.54, 1.807) is 29.2 Å². The van der Waals surface area contributed by atoms with Crippen molar-refractivity contribution >= 4 is 22.7 Å². The molecule has 4 aromatic rings. The molecular formula is C27H25N3O4. The van der Waals surface area contributed by atoms with Gasteiger partial charge in [-0.1, -0.05) is 36.4 Å². The number of ether oxygens (including phenoxy) is 1. The zero-order valence-corrected chi connectivity index (χ0v) is 19.1. The van der Waals surface area contributed by atoms with Gasteiger partial charge in [0.1, 0.15) is 18.1 Å². The first kappa shape index (κ1) is 20.6. The zero-order valence-electron chi connectivity index (χ0n) is 19.1. The van der Waals surface area contributed by atoms with E-state index in [4.69, 9.17) is 9.15 Å². The lowest BCUT2D eigenvalue weighted by molar-refractivity contribution is -0.167. The van der Waals surface area contributed by atoms with Crippen molar-refractivity contribution < 1.29 is 18.7 Å². The molecule has 172 valence electrons. The largest absolute Gasteiger partial charge is 0.496 e. The smallest absolute Gasteiger partial charge is 0.255 e. The average Bonchev–Trinajstić information content (AvgIpc) is 3.51. The third-order valence-electron chi connectivity index (χ3n) is 7.26. The summed E-state index contributed by atoms with van der Waals surface area (Å²) in [6.45, 7) is 2.52. The Kier molecular flexibility index (Phi) is 4.55. The maximum Gasteiger partial charge on any atom is 0.255 e. The van der Waals surface area contributed by atoms with Gasteiger partial charge in [-0.15, -0.1) is 0 Å². The number of aromatic nitrogens is 1. The van der Waals surface area contributed by atoms with Gasteiger partial charge >= 0.3 is 0 Å². The van der Waals surface area contributed by atoms with E-state index < -0.39 is 5.54 Å². The summed E-state index contributed by atoms with van der Waals surface area (Å²) in [4.78, 5) is 34.4. The molecule has 2 aromatic carbocycles. The number of piperazine rings is 1. The fourth-order valence-electron chi connectivity index (χ4n) is 5.63. The second-order valence-corrected chi connectivity index (χ2v) is 9.07. The first-order valence-electron chi connectivity index (χ1n) is 11.4. The van der Waals surface area contributed by atoms with Crippen molar-refractivity contribution in [1.29, 1.82) is 0 Å². The topological polar surface area (TPSA) is 78.8 Å². The monoisotopic (exact) mass is 455 g/mol. The minimum absolute atomic E-state index is 0.0172. The van der Waals surface area contributed by atoms with Crippen molar-refractivity contribution in [2.45, 2.75) is 24.9 Å². The number of carbonyl (C=O) groups excluding carboxylic acids is 2. The van der Waals surface area contributed by atoms with E-state index in [0.717, 1.165) is 33.5 Å². The van der Waals surface area contributed by atoms with Gasteiger partial charge < -0.3 is 23.9 Å². The maximum absolute atomic E-state index is 14.0. The predicted octanol–water partition coefficient (Wildman–Crippen LogP) is 4.00. The Bertz CT molecular complexity index is 1410. The van der Waals surface area contributed by atoms with Gasteiger partial charge in [0.2, 0.25) is 5.91 Å². The number of para-hydroxylation sites is 2. The number of nitrogens with one attached hydrogen (secondary N) is 1. The molecule has 0 unspecified atom stereocenters. The number of carbonyl (C=O) groups is 2. The molecule has 1 fully saturated rings. The number of benzene rings is 2. The van der Waals surface area contributed by atoms with Crippen LogP contribution >= 0.6 is 0 Å². The van der Waals surface area contributed by atoms with Gasteiger partial charge in [-0.25, -0.2) is 0 Å². The maximum atomic E-state index is 14.0. The summed E-state index contributed by atoms with van der Waals surface area (Å²) in [6.07, 6.45) is 1.58. The number of nitrogens with zero attached hydrogens (tertiary/aromatic N) is 2. The van der Waals surface area contributed by atoms with Gasteiger partial charge in [-0.05, 0) is 36.8 Å². The van der Waals surface area contributed by atoms with E-state index in [0.29, 0.717) is 12.3 Å². The number of aromatic amines is 1. The molecule has 2 aliphatic rings. The second-order valence-electron chi connectivity index (χ2n) is 9.07. The quantitative estimate of drug-likeness (QED) is 0.505. The lowest BCUT2D eigenvalue weighted by Crippen LogP contribution is -2.67. The molecule has 0 bridgehead atoms. The van der Waals surface area contributed by atoms with Gasteiger partial charge in [0, 0.05) is 28.9 Å². The molecule has 6 rings (SSSR count). The van der Waals surface area contributed by atoms with Crippen molar-refractivity contribution in [3.05, 3.63) is 89.5 Å². The van der Waals surface area contributed by atoms with Crippen molar-refractivity contribution in [2.75, 3.05) is 20.2 Å². The van der Waals surface area contributed by atoms with Crippen LogP contribution in [0.5, 0.6) is 5.75 Å². The number of rotatable bonds is 4. The van der Waals surface area contributed by atoms with Crippen molar-refractivity contribution in [3.8, 4) is 5.75 Å². The van der Waals surface area contributed by atoms with Crippen LogP contribution in [0.2, 0.25) is 0 Å². The summed E-state index contributed by atoms with van der Waals surface area (Å²) in [5.74, 6) is 1.08. The standard InChI is InChI=1S/C27H25N3O4/c1-27-25-24(19-10-3-5-11-21(19)28-25)20(18-9-4-6-12-22(18)33-2)15-30(27)23(31)16-29(26(27)32)14-17-8-7-13-34-17/h3-13,20,28H,14-16H2,1-2H3/t20-,27-/m0/s1. The molecule has 1 saturated heterocycles. The van der Waals surface area contributed by atoms with Crippen LogP contribution in [0, 0.1) is 0 Å². The van der Waals surface area contributed by atoms with Crippen molar-refractivity contribution in [3.63, 3.8) is 0 Å². The summed E-state index contributed by atoms with van der Waals surface area (Å²) >= 11 is 0. The molecule has 0 spiro atoms. The highest BCUT2D eigenvalue weighted by molar-refractivity contribution is 6.01. The molecule has 0 saturated carbocycles. The average molecular weight is 456 g/mol. The van der Waals surface area contributed by atoms with E-state index in [-0.39, 0.29) is 30.8 Å². The van der Waals surface area contributed by atoms with Crippen LogP contribution in [0.15, 0.2) is 71.3 Å². The molecule has 7 heteroatoms. The van der Waals surface area contributed by atoms with Crippen LogP contribution in [0.1, 0.15) is 35.4 Å². The Morgan fingerprint density at radius 2 is 1.88 bits per heavy atom. The predicted molar refractivity (Wildman–Crippen MR) is 126 cm³/mol. The Hall–Kier alpha value is -4.00. The molecule has 2 aromatic heterocycles. The molecule has 0 aliphatic carbocycles. The Morgan fingerprint density at radius 3 is 2.68 bits per heavy atom. The highest BCUT2D eigenvalue weighted by atomic mass is 16.5. The molecule has 1 N–H and O–H groups in total. The molecule has 2 aliphatic heterocycles. The van der Waals surface area contributed by atoms with Gasteiger partial charge in [0.05, 0.1) is 25.6 Å². The lowest BCUT2D eigenvalue weighted by Gasteiger charge is -2.51. The van der Waals surface area contributed by atoms with Gasteiger partial charge in [-0.3, -0.25) is 9.59 Å². The highest BCUT2D eigenvalue weighted by Gasteiger charge is 2.56. The van der Waals surface area contributed by atoms with E-state index >= 15 is 0 Å². The van der Waals surface area contributed by atoms with Crippen LogP contribution in [0.25, 0.3) is 10.9 Å². The number of hydrogen-bond acceptors (Lipinski definition) is 4. The number of fused-ring (bicyclic) bond motifs is 5. The number of hydrogen-bond donors (Lipinski definition) is 1. The summed E-state index contributed by atoms with van der Waals surface area (Å²) in [5, 5.41) is 1.05. The molecule has 0 radical (unpaired) electrons. The number of methoxy groups -OCH3 is 1. The Labute approximate surface area is 196 Å². The molecule has 4 heterocycles. The third-order valence-corrected chi connectivity index (χ3v) is 7.26. The minimum atomic E-state index is -1.14. The third kappa shape index (κ3) is 2.83. The minimum Gasteiger partial charge on any atom is -0.496 e. The van der Waals surface area contributed by atoms with Crippen LogP contribution in [-0.2, 0) is 21.7 Å². The number of furan rings is 1. The zero-order chi connectivity index (χ0) is 23.4. The van der Waals surface area contributed by atoms with Gasteiger partial charge in [0.15, 0.2) is 5.54 Å². The fraction of sp³-hybridized carbons (Fsp3) is 0.259. The van der Waals surface area contributed by atoms with Gasteiger partial charge in [-0.2, -0.15) is 0 Å². The number of amides is 2. The lowest BCUT2D eigenvalue weighted by atomic mass is 9.76. The summed E-state index contributed by atoms with van der Waals surface area (Å²) < 4.78 is 11.2. The Morgan fingerprint density at radius 1 is 1.09 bits per heavy atom. The van der Waals surface area contributed by atoms with Gasteiger partial charge in [0.25, 0.3) is 5.91 Å². The van der Waals surface area contributed by atoms with Crippen molar-refractivity contribution in [1.82, 2.24) is 14.8 Å². The summed E-state index contributed by atoms with van der Waals surface area (Å²) in [7, 11) is 1.66.